The molecule has 0 radical (unpaired) electrons. The van der Waals surface area contributed by atoms with Gasteiger partial charge in [0.2, 0.25) is 0 Å². The first-order valence-electron chi connectivity index (χ1n) is 7.16. The highest BCUT2D eigenvalue weighted by Crippen LogP contribution is 2.30. The number of H-pyrrole nitrogens is 1. The molecule has 0 unspecified atom stereocenters. The van der Waals surface area contributed by atoms with E-state index in [1.807, 2.05) is 19.3 Å². The Morgan fingerprint density at radius 2 is 2.05 bits per heavy atom. The van der Waals surface area contributed by atoms with Crippen LogP contribution in [0.4, 0.5) is 0 Å². The van der Waals surface area contributed by atoms with Gasteiger partial charge in [0.25, 0.3) is 0 Å². The van der Waals surface area contributed by atoms with Gasteiger partial charge in [-0.3, -0.25) is 10.00 Å². The van der Waals surface area contributed by atoms with E-state index in [1.165, 1.54) is 12.5 Å². The fraction of sp³-hybridized carbons (Fsp3) is 0.500. The van der Waals surface area contributed by atoms with Crippen molar-refractivity contribution in [1.82, 2.24) is 25.1 Å². The molecule has 2 aromatic rings. The summed E-state index contributed by atoms with van der Waals surface area (Å²) >= 11 is 0. The second-order valence-corrected chi connectivity index (χ2v) is 7.76. The Morgan fingerprint density at radius 3 is 2.73 bits per heavy atom. The van der Waals surface area contributed by atoms with Gasteiger partial charge >= 0.3 is 0 Å². The van der Waals surface area contributed by atoms with Crippen molar-refractivity contribution >= 4 is 9.84 Å². The molecule has 1 saturated heterocycles. The van der Waals surface area contributed by atoms with Gasteiger partial charge in [0, 0.05) is 43.2 Å². The van der Waals surface area contributed by atoms with Crippen LogP contribution in [-0.2, 0) is 16.4 Å². The van der Waals surface area contributed by atoms with Crippen LogP contribution in [0.2, 0.25) is 0 Å². The van der Waals surface area contributed by atoms with Gasteiger partial charge in [-0.05, 0) is 19.9 Å². The second-order valence-electron chi connectivity index (χ2n) is 5.78. The average molecular weight is 321 g/mol. The lowest BCUT2D eigenvalue weighted by atomic mass is 10.1. The molecule has 0 saturated carbocycles. The summed E-state index contributed by atoms with van der Waals surface area (Å²) in [7, 11) is -3.24. The third-order valence-corrected chi connectivity index (χ3v) is 5.08. The molecule has 1 atom stereocenters. The quantitative estimate of drug-likeness (QED) is 0.899. The van der Waals surface area contributed by atoms with Crippen molar-refractivity contribution < 1.29 is 8.42 Å². The van der Waals surface area contributed by atoms with Crippen LogP contribution in [0.15, 0.2) is 23.5 Å². The van der Waals surface area contributed by atoms with E-state index < -0.39 is 9.84 Å². The predicted octanol–water partition coefficient (Wildman–Crippen LogP) is 0.901. The highest BCUT2D eigenvalue weighted by atomic mass is 32.2. The molecule has 0 spiro atoms. The summed E-state index contributed by atoms with van der Waals surface area (Å²) in [6, 6.07) is 0. The number of hydrogen-bond donors (Lipinski definition) is 1. The summed E-state index contributed by atoms with van der Waals surface area (Å²) in [4.78, 5) is 11.0. The zero-order chi connectivity index (χ0) is 15.7. The zero-order valence-electron chi connectivity index (χ0n) is 12.7. The standard InChI is InChI=1S/C14H19N5O2S/c1-10-15-5-11(6-16-10)8-19-4-3-12(9-19)14-13(7-17-18-14)22(2,20)21/h5-7,12H,3-4,8-9H2,1-2H3,(H,17,18)/t12-/m1/s1. The Balaban J connectivity index is 1.70. The lowest BCUT2D eigenvalue weighted by Gasteiger charge is -2.15. The number of aromatic amines is 1. The number of aryl methyl sites for hydroxylation is 1. The second kappa shape index (κ2) is 5.77. The van der Waals surface area contributed by atoms with Gasteiger partial charge in [-0.25, -0.2) is 18.4 Å². The molecule has 2 aromatic heterocycles. The maximum Gasteiger partial charge on any atom is 0.178 e. The van der Waals surface area contributed by atoms with Crippen LogP contribution in [0.3, 0.4) is 0 Å². The minimum atomic E-state index is -3.24. The first-order chi connectivity index (χ1) is 10.4. The Hall–Kier alpha value is -1.80. The zero-order valence-corrected chi connectivity index (χ0v) is 13.5. The number of likely N-dealkylation sites (tertiary alicyclic amines) is 1. The van der Waals surface area contributed by atoms with Gasteiger partial charge in [-0.2, -0.15) is 5.10 Å². The number of sulfone groups is 1. The molecule has 1 N–H and O–H groups in total. The van der Waals surface area contributed by atoms with Gasteiger partial charge in [0.15, 0.2) is 9.84 Å². The molecule has 118 valence electrons. The third-order valence-electron chi connectivity index (χ3n) is 3.95. The predicted molar refractivity (Wildman–Crippen MR) is 81.1 cm³/mol. The van der Waals surface area contributed by atoms with Crippen LogP contribution in [0.1, 0.15) is 29.4 Å². The van der Waals surface area contributed by atoms with E-state index in [4.69, 9.17) is 0 Å². The van der Waals surface area contributed by atoms with Gasteiger partial charge in [-0.15, -0.1) is 0 Å². The smallest absolute Gasteiger partial charge is 0.178 e. The molecule has 0 aromatic carbocycles. The van der Waals surface area contributed by atoms with E-state index in [2.05, 4.69) is 25.1 Å². The molecule has 1 aliphatic rings. The van der Waals surface area contributed by atoms with Crippen LogP contribution in [0, 0.1) is 6.92 Å². The minimum Gasteiger partial charge on any atom is -0.298 e. The number of nitrogens with zero attached hydrogens (tertiary/aromatic N) is 4. The molecule has 7 nitrogen and oxygen atoms in total. The fourth-order valence-corrected chi connectivity index (χ4v) is 3.70. The fourth-order valence-electron chi connectivity index (χ4n) is 2.84. The highest BCUT2D eigenvalue weighted by Gasteiger charge is 2.29. The summed E-state index contributed by atoms with van der Waals surface area (Å²) in [5, 5.41) is 6.77. The van der Waals surface area contributed by atoms with Crippen molar-refractivity contribution in [2.24, 2.45) is 0 Å². The summed E-state index contributed by atoms with van der Waals surface area (Å²) in [5.74, 6) is 0.928. The van der Waals surface area contributed by atoms with Crippen molar-refractivity contribution in [2.45, 2.75) is 30.7 Å². The SMILES string of the molecule is Cc1ncc(CN2CC[C@@H](c3[nH]ncc3S(C)(=O)=O)C2)cn1. The van der Waals surface area contributed by atoms with E-state index in [-0.39, 0.29) is 5.92 Å². The summed E-state index contributed by atoms with van der Waals surface area (Å²) in [5.41, 5.74) is 1.80. The summed E-state index contributed by atoms with van der Waals surface area (Å²) < 4.78 is 23.6. The molecule has 1 fully saturated rings. The molecule has 1 aliphatic heterocycles. The van der Waals surface area contributed by atoms with Crippen LogP contribution in [-0.4, -0.2) is 52.8 Å². The molecular weight excluding hydrogens is 302 g/mol. The van der Waals surface area contributed by atoms with Crippen LogP contribution in [0.5, 0.6) is 0 Å². The van der Waals surface area contributed by atoms with Gasteiger partial charge in [-0.1, -0.05) is 0 Å². The lowest BCUT2D eigenvalue weighted by molar-refractivity contribution is 0.325. The number of nitrogens with one attached hydrogen (secondary N) is 1. The van der Waals surface area contributed by atoms with Gasteiger partial charge in [0.1, 0.15) is 10.7 Å². The summed E-state index contributed by atoms with van der Waals surface area (Å²) in [6.07, 6.45) is 7.22. The van der Waals surface area contributed by atoms with Crippen molar-refractivity contribution in [3.63, 3.8) is 0 Å². The normalized spacial score (nSPS) is 19.6. The average Bonchev–Trinajstić information content (AvgIpc) is 3.09. The highest BCUT2D eigenvalue weighted by molar-refractivity contribution is 7.90. The molecule has 0 amide bonds. The van der Waals surface area contributed by atoms with Crippen molar-refractivity contribution in [1.29, 1.82) is 0 Å². The maximum absolute atomic E-state index is 11.8. The topological polar surface area (TPSA) is 91.8 Å². The molecular formula is C14H19N5O2S. The molecule has 8 heteroatoms. The number of aromatic nitrogens is 4. The van der Waals surface area contributed by atoms with Crippen molar-refractivity contribution in [3.05, 3.63) is 35.7 Å². The number of rotatable bonds is 4. The van der Waals surface area contributed by atoms with E-state index in [9.17, 15) is 8.42 Å². The molecule has 0 aliphatic carbocycles. The molecule has 22 heavy (non-hydrogen) atoms. The first-order valence-corrected chi connectivity index (χ1v) is 9.06. The van der Waals surface area contributed by atoms with Crippen molar-refractivity contribution in [2.75, 3.05) is 19.3 Å². The van der Waals surface area contributed by atoms with E-state index in [1.54, 1.807) is 0 Å². The van der Waals surface area contributed by atoms with Gasteiger partial charge in [0.05, 0.1) is 11.9 Å². The first kappa shape index (κ1) is 15.1. The van der Waals surface area contributed by atoms with Gasteiger partial charge < -0.3 is 0 Å². The van der Waals surface area contributed by atoms with Crippen LogP contribution < -0.4 is 0 Å². The third kappa shape index (κ3) is 3.17. The van der Waals surface area contributed by atoms with Crippen LogP contribution in [0.25, 0.3) is 0 Å². The lowest BCUT2D eigenvalue weighted by Crippen LogP contribution is -2.20. The number of hydrogen-bond acceptors (Lipinski definition) is 6. The Kier molecular flexibility index (Phi) is 3.96. The Bertz CT molecular complexity index is 754. The molecule has 0 bridgehead atoms. The Morgan fingerprint density at radius 1 is 1.32 bits per heavy atom. The largest absolute Gasteiger partial charge is 0.298 e. The monoisotopic (exact) mass is 321 g/mol. The molecule has 3 rings (SSSR count). The minimum absolute atomic E-state index is 0.165. The van der Waals surface area contributed by atoms with Crippen molar-refractivity contribution in [3.8, 4) is 0 Å². The van der Waals surface area contributed by atoms with E-state index in [0.717, 1.165) is 43.1 Å². The van der Waals surface area contributed by atoms with E-state index >= 15 is 0 Å². The van der Waals surface area contributed by atoms with E-state index in [0.29, 0.717) is 4.90 Å². The molecule has 3 heterocycles. The summed E-state index contributed by atoms with van der Waals surface area (Å²) in [6.45, 7) is 4.36. The Labute approximate surface area is 129 Å². The van der Waals surface area contributed by atoms with Crippen LogP contribution >= 0.6 is 0 Å². The maximum atomic E-state index is 11.8.